The molecule has 0 radical (unpaired) electrons. The molecule has 0 saturated heterocycles. The highest BCUT2D eigenvalue weighted by molar-refractivity contribution is 9.10. The molecule has 2 aromatic carbocycles. The molecule has 1 saturated carbocycles. The van der Waals surface area contributed by atoms with E-state index in [4.69, 9.17) is 4.74 Å². The first-order valence-corrected chi connectivity index (χ1v) is 11.4. The molecule has 0 heterocycles. The molecule has 29 heavy (non-hydrogen) atoms. The molecular formula is C25H32BrNO2. The van der Waals surface area contributed by atoms with Gasteiger partial charge < -0.3 is 10.1 Å². The minimum absolute atomic E-state index is 0.0415. The number of hydrogen-bond acceptors (Lipinski definition) is 2. The highest BCUT2D eigenvalue weighted by atomic mass is 79.9. The van der Waals surface area contributed by atoms with Crippen molar-refractivity contribution in [1.82, 2.24) is 5.32 Å². The molecule has 0 atom stereocenters. The maximum atomic E-state index is 13.0. The topological polar surface area (TPSA) is 38.3 Å². The molecule has 1 aliphatic carbocycles. The molecule has 3 rings (SSSR count). The zero-order chi connectivity index (χ0) is 20.9. The van der Waals surface area contributed by atoms with Gasteiger partial charge in [-0.1, -0.05) is 67.0 Å². The summed E-state index contributed by atoms with van der Waals surface area (Å²) in [4.78, 5) is 13.0. The Bertz CT molecular complexity index is 805. The van der Waals surface area contributed by atoms with Crippen LogP contribution in [0.15, 0.2) is 53.0 Å². The summed E-state index contributed by atoms with van der Waals surface area (Å²) in [5.74, 6) is 1.34. The fourth-order valence-corrected chi connectivity index (χ4v) is 4.46. The van der Waals surface area contributed by atoms with Gasteiger partial charge in [0.05, 0.1) is 12.2 Å². The Hall–Kier alpha value is -1.81. The molecule has 1 N–H and O–H groups in total. The molecule has 4 heteroatoms. The Balaban J connectivity index is 1.59. The van der Waals surface area contributed by atoms with Crippen molar-refractivity contribution in [2.75, 3.05) is 6.61 Å². The van der Waals surface area contributed by atoms with Crippen molar-refractivity contribution in [3.8, 4) is 5.75 Å². The monoisotopic (exact) mass is 457 g/mol. The van der Waals surface area contributed by atoms with E-state index in [1.807, 2.05) is 36.4 Å². The fraction of sp³-hybridized carbons (Fsp3) is 0.480. The zero-order valence-corrected chi connectivity index (χ0v) is 19.3. The minimum atomic E-state index is -0.0415. The number of ether oxygens (including phenoxy) is 1. The van der Waals surface area contributed by atoms with Crippen molar-refractivity contribution in [1.29, 1.82) is 0 Å². The van der Waals surface area contributed by atoms with Crippen LogP contribution in [-0.2, 0) is 6.42 Å². The van der Waals surface area contributed by atoms with E-state index in [2.05, 4.69) is 54.2 Å². The largest absolute Gasteiger partial charge is 0.492 e. The maximum absolute atomic E-state index is 13.0. The van der Waals surface area contributed by atoms with E-state index in [1.54, 1.807) is 0 Å². The summed E-state index contributed by atoms with van der Waals surface area (Å²) >= 11 is 3.49. The van der Waals surface area contributed by atoms with Gasteiger partial charge >= 0.3 is 0 Å². The Morgan fingerprint density at radius 1 is 1.07 bits per heavy atom. The minimum Gasteiger partial charge on any atom is -0.492 e. The van der Waals surface area contributed by atoms with Gasteiger partial charge in [0, 0.05) is 16.9 Å². The van der Waals surface area contributed by atoms with Gasteiger partial charge in [0.25, 0.3) is 5.91 Å². The van der Waals surface area contributed by atoms with Crippen LogP contribution in [0.4, 0.5) is 0 Å². The highest BCUT2D eigenvalue weighted by Crippen LogP contribution is 2.38. The first-order chi connectivity index (χ1) is 13.8. The molecule has 0 aliphatic heterocycles. The number of carbonyl (C=O) groups is 1. The second-order valence-electron chi connectivity index (χ2n) is 9.11. The van der Waals surface area contributed by atoms with E-state index in [0.717, 1.165) is 29.7 Å². The van der Waals surface area contributed by atoms with Crippen LogP contribution in [0.25, 0.3) is 0 Å². The van der Waals surface area contributed by atoms with Crippen molar-refractivity contribution < 1.29 is 9.53 Å². The molecule has 156 valence electrons. The average Bonchev–Trinajstić information content (AvgIpc) is 2.69. The lowest BCUT2D eigenvalue weighted by Crippen LogP contribution is -2.39. The summed E-state index contributed by atoms with van der Waals surface area (Å²) in [6, 6.07) is 16.1. The molecule has 0 spiro atoms. The second-order valence-corrected chi connectivity index (χ2v) is 10.0. The van der Waals surface area contributed by atoms with Crippen LogP contribution in [0.5, 0.6) is 5.75 Å². The van der Waals surface area contributed by atoms with Crippen LogP contribution in [0.2, 0.25) is 0 Å². The Morgan fingerprint density at radius 3 is 2.41 bits per heavy atom. The van der Waals surface area contributed by atoms with Gasteiger partial charge in [0.1, 0.15) is 5.75 Å². The van der Waals surface area contributed by atoms with E-state index < -0.39 is 0 Å². The zero-order valence-electron chi connectivity index (χ0n) is 17.7. The Labute approximate surface area is 183 Å². The summed E-state index contributed by atoms with van der Waals surface area (Å²) in [6.07, 6.45) is 5.26. The van der Waals surface area contributed by atoms with Crippen LogP contribution in [0.1, 0.15) is 62.4 Å². The van der Waals surface area contributed by atoms with Gasteiger partial charge in [-0.05, 0) is 60.8 Å². The summed E-state index contributed by atoms with van der Waals surface area (Å²) in [6.45, 7) is 7.49. The highest BCUT2D eigenvalue weighted by Gasteiger charge is 2.30. The van der Waals surface area contributed by atoms with Crippen molar-refractivity contribution in [3.63, 3.8) is 0 Å². The first-order valence-electron chi connectivity index (χ1n) is 10.6. The number of nitrogens with one attached hydrogen (secondary N) is 1. The van der Waals surface area contributed by atoms with Crippen LogP contribution in [0.3, 0.4) is 0 Å². The number of carbonyl (C=O) groups excluding carboxylic acids is 1. The van der Waals surface area contributed by atoms with Gasteiger partial charge in [0.15, 0.2) is 0 Å². The number of amides is 1. The molecule has 2 aromatic rings. The van der Waals surface area contributed by atoms with Gasteiger partial charge in [-0.3, -0.25) is 4.79 Å². The van der Waals surface area contributed by atoms with Crippen LogP contribution in [0, 0.1) is 11.3 Å². The van der Waals surface area contributed by atoms with E-state index in [0.29, 0.717) is 23.3 Å². The molecule has 0 unspecified atom stereocenters. The van der Waals surface area contributed by atoms with Gasteiger partial charge in [-0.15, -0.1) is 0 Å². The Morgan fingerprint density at radius 2 is 1.76 bits per heavy atom. The molecule has 1 aliphatic rings. The van der Waals surface area contributed by atoms with Crippen LogP contribution in [-0.4, -0.2) is 18.6 Å². The summed E-state index contributed by atoms with van der Waals surface area (Å²) in [5.41, 5.74) is 2.18. The molecule has 3 nitrogen and oxygen atoms in total. The maximum Gasteiger partial charge on any atom is 0.255 e. The van der Waals surface area contributed by atoms with Crippen LogP contribution < -0.4 is 10.1 Å². The fourth-order valence-electron chi connectivity index (χ4n) is 4.10. The number of halogens is 1. The van der Waals surface area contributed by atoms with Gasteiger partial charge in [-0.25, -0.2) is 0 Å². The lowest BCUT2D eigenvalue weighted by molar-refractivity contribution is 0.0900. The molecular weight excluding hydrogens is 426 g/mol. The molecule has 1 fully saturated rings. The summed E-state index contributed by atoms with van der Waals surface area (Å²) in [5, 5.41) is 3.24. The standard InChI is InChI=1S/C25H32BrNO2/c1-25(2,3)19-9-12-21(13-10-19)27-24(28)22-17-20(26)11-14-23(22)29-16-15-18-7-5-4-6-8-18/h4-8,11,14,17,19,21H,9-10,12-13,15-16H2,1-3H3,(H,27,28). The van der Waals surface area contributed by atoms with Crippen molar-refractivity contribution in [2.45, 2.75) is 58.9 Å². The number of benzene rings is 2. The van der Waals surface area contributed by atoms with E-state index in [1.165, 1.54) is 18.4 Å². The first kappa shape index (κ1) is 21.9. The van der Waals surface area contributed by atoms with E-state index in [9.17, 15) is 4.79 Å². The van der Waals surface area contributed by atoms with Crippen molar-refractivity contribution >= 4 is 21.8 Å². The van der Waals surface area contributed by atoms with E-state index >= 15 is 0 Å². The van der Waals surface area contributed by atoms with Gasteiger partial charge in [0.2, 0.25) is 0 Å². The predicted octanol–water partition coefficient (Wildman–Crippen LogP) is 6.41. The molecule has 0 bridgehead atoms. The summed E-state index contributed by atoms with van der Waals surface area (Å²) < 4.78 is 6.87. The third-order valence-corrected chi connectivity index (χ3v) is 6.46. The van der Waals surface area contributed by atoms with Crippen molar-refractivity contribution in [2.24, 2.45) is 11.3 Å². The third kappa shape index (κ3) is 6.33. The normalized spacial score (nSPS) is 19.6. The van der Waals surface area contributed by atoms with Crippen molar-refractivity contribution in [3.05, 3.63) is 64.1 Å². The number of rotatable bonds is 6. The number of hydrogen-bond donors (Lipinski definition) is 1. The van der Waals surface area contributed by atoms with Gasteiger partial charge in [-0.2, -0.15) is 0 Å². The lowest BCUT2D eigenvalue weighted by atomic mass is 9.71. The second kappa shape index (κ2) is 9.80. The SMILES string of the molecule is CC(C)(C)C1CCC(NC(=O)c2cc(Br)ccc2OCCc2ccccc2)CC1. The predicted molar refractivity (Wildman–Crippen MR) is 122 cm³/mol. The smallest absolute Gasteiger partial charge is 0.255 e. The summed E-state index contributed by atoms with van der Waals surface area (Å²) in [7, 11) is 0. The quantitative estimate of drug-likeness (QED) is 0.544. The van der Waals surface area contributed by atoms with E-state index in [-0.39, 0.29) is 11.9 Å². The molecule has 0 aromatic heterocycles. The van der Waals surface area contributed by atoms with Crippen LogP contribution >= 0.6 is 15.9 Å². The lowest BCUT2D eigenvalue weighted by Gasteiger charge is -2.37. The third-order valence-electron chi connectivity index (χ3n) is 5.96. The average molecular weight is 458 g/mol. The molecule has 1 amide bonds. The Kier molecular flexibility index (Phi) is 7.39.